The Labute approximate surface area is 165 Å². The lowest BCUT2D eigenvalue weighted by Crippen LogP contribution is -2.35. The van der Waals surface area contributed by atoms with Gasteiger partial charge in [0.2, 0.25) is 10.0 Å². The van der Waals surface area contributed by atoms with E-state index in [0.717, 1.165) is 36.3 Å². The Morgan fingerprint density at radius 1 is 0.857 bits per heavy atom. The fraction of sp³-hybridized carbons (Fsp3) is 0.273. The molecule has 1 aliphatic rings. The monoisotopic (exact) mass is 398 g/mol. The van der Waals surface area contributed by atoms with Gasteiger partial charge in [0.15, 0.2) is 0 Å². The summed E-state index contributed by atoms with van der Waals surface area (Å²) in [4.78, 5) is 0.301. The van der Waals surface area contributed by atoms with Gasteiger partial charge in [-0.25, -0.2) is 12.8 Å². The van der Waals surface area contributed by atoms with E-state index in [1.165, 1.54) is 6.07 Å². The SMILES string of the molecule is Cc1ccc(-c2ccccc2F)n1-c1ccc(S(=O)(=O)N2CCCCC2)cc1. The predicted octanol–water partition coefficient (Wildman–Crippen LogP) is 4.77. The highest BCUT2D eigenvalue weighted by molar-refractivity contribution is 7.89. The average molecular weight is 399 g/mol. The van der Waals surface area contributed by atoms with Crippen molar-refractivity contribution in [2.24, 2.45) is 0 Å². The number of hydrogen-bond donors (Lipinski definition) is 0. The molecule has 1 aromatic heterocycles. The van der Waals surface area contributed by atoms with Crippen molar-refractivity contribution in [3.63, 3.8) is 0 Å². The van der Waals surface area contributed by atoms with Crippen molar-refractivity contribution in [2.45, 2.75) is 31.1 Å². The fourth-order valence-electron chi connectivity index (χ4n) is 3.78. The van der Waals surface area contributed by atoms with Gasteiger partial charge in [0.1, 0.15) is 5.82 Å². The molecule has 0 N–H and O–H groups in total. The summed E-state index contributed by atoms with van der Waals surface area (Å²) in [5, 5.41) is 0. The highest BCUT2D eigenvalue weighted by Crippen LogP contribution is 2.29. The van der Waals surface area contributed by atoms with Gasteiger partial charge >= 0.3 is 0 Å². The van der Waals surface area contributed by atoms with E-state index in [2.05, 4.69) is 0 Å². The van der Waals surface area contributed by atoms with Crippen LogP contribution in [0.3, 0.4) is 0 Å². The second-order valence-electron chi connectivity index (χ2n) is 7.13. The molecule has 0 unspecified atom stereocenters. The summed E-state index contributed by atoms with van der Waals surface area (Å²) in [6.45, 7) is 3.11. The zero-order chi connectivity index (χ0) is 19.7. The average Bonchev–Trinajstić information content (AvgIpc) is 3.10. The first-order valence-electron chi connectivity index (χ1n) is 9.52. The van der Waals surface area contributed by atoms with E-state index in [1.54, 1.807) is 46.8 Å². The lowest BCUT2D eigenvalue weighted by molar-refractivity contribution is 0.346. The Balaban J connectivity index is 1.71. The summed E-state index contributed by atoms with van der Waals surface area (Å²) in [7, 11) is -3.46. The normalized spacial score (nSPS) is 15.6. The number of aromatic nitrogens is 1. The third-order valence-electron chi connectivity index (χ3n) is 5.27. The van der Waals surface area contributed by atoms with Crippen LogP contribution in [0.1, 0.15) is 25.0 Å². The van der Waals surface area contributed by atoms with E-state index in [4.69, 9.17) is 0 Å². The van der Waals surface area contributed by atoms with Crippen LogP contribution in [0.15, 0.2) is 65.6 Å². The van der Waals surface area contributed by atoms with Gasteiger partial charge in [0.25, 0.3) is 0 Å². The summed E-state index contributed by atoms with van der Waals surface area (Å²) < 4.78 is 43.5. The molecule has 2 aromatic carbocycles. The van der Waals surface area contributed by atoms with Gasteiger partial charge < -0.3 is 4.57 Å². The van der Waals surface area contributed by atoms with E-state index >= 15 is 0 Å². The van der Waals surface area contributed by atoms with Crippen LogP contribution in [0.5, 0.6) is 0 Å². The fourth-order valence-corrected chi connectivity index (χ4v) is 5.30. The first-order valence-corrected chi connectivity index (χ1v) is 11.0. The van der Waals surface area contributed by atoms with Gasteiger partial charge in [-0.1, -0.05) is 18.6 Å². The Hall–Kier alpha value is -2.44. The molecule has 4 nitrogen and oxygen atoms in total. The lowest BCUT2D eigenvalue weighted by Gasteiger charge is -2.26. The van der Waals surface area contributed by atoms with E-state index < -0.39 is 10.0 Å². The zero-order valence-electron chi connectivity index (χ0n) is 15.8. The molecular formula is C22H23FN2O2S. The number of nitrogens with zero attached hydrogens (tertiary/aromatic N) is 2. The molecule has 1 saturated heterocycles. The minimum atomic E-state index is -3.46. The van der Waals surface area contributed by atoms with Crippen molar-refractivity contribution >= 4 is 10.0 Å². The number of benzene rings is 2. The maximum Gasteiger partial charge on any atom is 0.243 e. The second-order valence-corrected chi connectivity index (χ2v) is 9.07. The number of sulfonamides is 1. The summed E-state index contributed by atoms with van der Waals surface area (Å²) >= 11 is 0. The molecule has 0 bridgehead atoms. The molecule has 4 rings (SSSR count). The number of aryl methyl sites for hydroxylation is 1. The van der Waals surface area contributed by atoms with Crippen molar-refractivity contribution in [1.29, 1.82) is 0 Å². The molecule has 0 amide bonds. The van der Waals surface area contributed by atoms with Gasteiger partial charge in [-0.2, -0.15) is 4.31 Å². The Kier molecular flexibility index (Phi) is 5.08. The van der Waals surface area contributed by atoms with Crippen molar-refractivity contribution in [3.05, 3.63) is 72.2 Å². The summed E-state index contributed by atoms with van der Waals surface area (Å²) in [6.07, 6.45) is 2.90. The molecule has 3 aromatic rings. The van der Waals surface area contributed by atoms with Gasteiger partial charge in [0.05, 0.1) is 10.6 Å². The lowest BCUT2D eigenvalue weighted by atomic mass is 10.1. The molecule has 146 valence electrons. The molecule has 0 atom stereocenters. The van der Waals surface area contributed by atoms with Crippen LogP contribution in [0.2, 0.25) is 0 Å². The minimum Gasteiger partial charge on any atom is -0.314 e. The quantitative estimate of drug-likeness (QED) is 0.635. The summed E-state index contributed by atoms with van der Waals surface area (Å²) in [5.74, 6) is -0.286. The van der Waals surface area contributed by atoms with E-state index in [-0.39, 0.29) is 5.82 Å². The Morgan fingerprint density at radius 2 is 1.54 bits per heavy atom. The minimum absolute atomic E-state index is 0.286. The molecule has 1 fully saturated rings. The first kappa shape index (κ1) is 18.9. The van der Waals surface area contributed by atoms with Gasteiger partial charge in [0, 0.05) is 30.0 Å². The first-order chi connectivity index (χ1) is 13.5. The largest absolute Gasteiger partial charge is 0.314 e. The van der Waals surface area contributed by atoms with Crippen molar-refractivity contribution < 1.29 is 12.8 Å². The standard InChI is InChI=1S/C22H23FN2O2S/c1-17-9-14-22(20-7-3-4-8-21(20)23)25(17)18-10-12-19(13-11-18)28(26,27)24-15-5-2-6-16-24/h3-4,7-14H,2,5-6,15-16H2,1H3. The Morgan fingerprint density at radius 3 is 2.21 bits per heavy atom. The molecular weight excluding hydrogens is 375 g/mol. The zero-order valence-corrected chi connectivity index (χ0v) is 16.6. The van der Waals surface area contributed by atoms with Crippen molar-refractivity contribution in [3.8, 4) is 16.9 Å². The third kappa shape index (κ3) is 3.38. The molecule has 0 spiro atoms. The molecule has 0 aliphatic carbocycles. The number of halogens is 1. The summed E-state index contributed by atoms with van der Waals surface area (Å²) in [6, 6.07) is 17.3. The van der Waals surface area contributed by atoms with E-state index in [9.17, 15) is 12.8 Å². The highest BCUT2D eigenvalue weighted by Gasteiger charge is 2.26. The summed E-state index contributed by atoms with van der Waals surface area (Å²) in [5.41, 5.74) is 3.01. The van der Waals surface area contributed by atoms with Gasteiger partial charge in [-0.05, 0) is 68.3 Å². The highest BCUT2D eigenvalue weighted by atomic mass is 32.2. The second kappa shape index (κ2) is 7.53. The van der Waals surface area contributed by atoms with Crippen LogP contribution < -0.4 is 0 Å². The molecule has 6 heteroatoms. The number of piperidine rings is 1. The van der Waals surface area contributed by atoms with Crippen molar-refractivity contribution in [1.82, 2.24) is 8.87 Å². The molecule has 2 heterocycles. The topological polar surface area (TPSA) is 42.3 Å². The van der Waals surface area contributed by atoms with Crippen molar-refractivity contribution in [2.75, 3.05) is 13.1 Å². The number of rotatable bonds is 4. The molecule has 0 saturated carbocycles. The maximum absolute atomic E-state index is 14.3. The third-order valence-corrected chi connectivity index (χ3v) is 7.19. The van der Waals surface area contributed by atoms with Crippen LogP contribution in [0.4, 0.5) is 4.39 Å². The van der Waals surface area contributed by atoms with Gasteiger partial charge in [-0.3, -0.25) is 0 Å². The predicted molar refractivity (Wildman–Crippen MR) is 109 cm³/mol. The maximum atomic E-state index is 14.3. The van der Waals surface area contributed by atoms with E-state index in [0.29, 0.717) is 23.5 Å². The van der Waals surface area contributed by atoms with Crippen LogP contribution in [0, 0.1) is 12.7 Å². The van der Waals surface area contributed by atoms with E-state index in [1.807, 2.05) is 23.6 Å². The van der Waals surface area contributed by atoms with Gasteiger partial charge in [-0.15, -0.1) is 0 Å². The van der Waals surface area contributed by atoms with Crippen LogP contribution in [0.25, 0.3) is 16.9 Å². The molecule has 0 radical (unpaired) electrons. The number of hydrogen-bond acceptors (Lipinski definition) is 2. The Bertz CT molecular complexity index is 1080. The molecule has 28 heavy (non-hydrogen) atoms. The van der Waals surface area contributed by atoms with Crippen LogP contribution in [-0.2, 0) is 10.0 Å². The smallest absolute Gasteiger partial charge is 0.243 e. The molecule has 1 aliphatic heterocycles. The van der Waals surface area contributed by atoms with Crippen LogP contribution >= 0.6 is 0 Å². The van der Waals surface area contributed by atoms with Crippen LogP contribution in [-0.4, -0.2) is 30.4 Å².